The van der Waals surface area contributed by atoms with Crippen molar-refractivity contribution < 1.29 is 14.3 Å². The van der Waals surface area contributed by atoms with Crippen molar-refractivity contribution in [1.82, 2.24) is 10.3 Å². The van der Waals surface area contributed by atoms with E-state index in [1.54, 1.807) is 6.07 Å². The minimum Gasteiger partial charge on any atom is -0.481 e. The molecular weight excluding hydrogens is 220 g/mol. The molecule has 1 aliphatic rings. The topological polar surface area (TPSA) is 60.5 Å². The molecule has 1 aromatic heterocycles. The predicted molar refractivity (Wildman–Crippen MR) is 53.0 cm³/mol. The molecule has 1 unspecified atom stereocenters. The Morgan fingerprint density at radius 3 is 3.13 bits per heavy atom. The van der Waals surface area contributed by atoms with Crippen LogP contribution in [0.5, 0.6) is 5.88 Å². The average Bonchev–Trinajstić information content (AvgIpc) is 2.64. The third-order valence-corrected chi connectivity index (χ3v) is 2.43. The zero-order chi connectivity index (χ0) is 10.8. The van der Waals surface area contributed by atoms with Crippen LogP contribution in [0.25, 0.3) is 0 Å². The predicted octanol–water partition coefficient (Wildman–Crippen LogP) is 1.52. The van der Waals surface area contributed by atoms with Crippen molar-refractivity contribution >= 4 is 17.7 Å². The molecule has 2 heterocycles. The van der Waals surface area contributed by atoms with Crippen LogP contribution in [-0.2, 0) is 4.74 Å². The van der Waals surface area contributed by atoms with E-state index in [-0.39, 0.29) is 0 Å². The van der Waals surface area contributed by atoms with E-state index in [0.717, 1.165) is 0 Å². The Kier molecular flexibility index (Phi) is 2.64. The van der Waals surface area contributed by atoms with Crippen molar-refractivity contribution in [2.75, 3.05) is 13.7 Å². The molecule has 1 atom stereocenters. The Bertz CT molecular complexity index is 397. The number of halogens is 1. The number of alkyl carbamates (subject to hydrolysis) is 1. The number of amides is 1. The highest BCUT2D eigenvalue weighted by molar-refractivity contribution is 6.31. The number of cyclic esters (lactones) is 1. The number of nitrogens with one attached hydrogen (secondary N) is 1. The maximum absolute atomic E-state index is 10.9. The molecule has 80 valence electrons. The number of hydrogen-bond donors (Lipinski definition) is 1. The monoisotopic (exact) mass is 228 g/mol. The first-order valence-corrected chi connectivity index (χ1v) is 4.73. The fraction of sp³-hybridized carbons (Fsp3) is 0.333. The molecule has 1 saturated heterocycles. The molecular formula is C9H9ClN2O3. The number of ether oxygens (including phenoxy) is 2. The summed E-state index contributed by atoms with van der Waals surface area (Å²) in [5, 5.41) is 3.02. The summed E-state index contributed by atoms with van der Waals surface area (Å²) in [6.45, 7) is 0.376. The molecule has 0 aliphatic carbocycles. The van der Waals surface area contributed by atoms with Gasteiger partial charge in [0.15, 0.2) is 6.10 Å². The van der Waals surface area contributed by atoms with Gasteiger partial charge in [0.1, 0.15) is 0 Å². The normalized spacial score (nSPS) is 19.6. The summed E-state index contributed by atoms with van der Waals surface area (Å²) in [4.78, 5) is 14.9. The van der Waals surface area contributed by atoms with E-state index >= 15 is 0 Å². The van der Waals surface area contributed by atoms with E-state index in [2.05, 4.69) is 10.3 Å². The smallest absolute Gasteiger partial charge is 0.407 e. The van der Waals surface area contributed by atoms with Crippen LogP contribution < -0.4 is 10.1 Å². The minimum atomic E-state index is -0.457. The molecule has 1 aromatic rings. The van der Waals surface area contributed by atoms with Gasteiger partial charge >= 0.3 is 6.09 Å². The molecule has 1 amide bonds. The zero-order valence-electron chi connectivity index (χ0n) is 7.99. The fourth-order valence-corrected chi connectivity index (χ4v) is 1.69. The van der Waals surface area contributed by atoms with Crippen LogP contribution in [0.1, 0.15) is 11.7 Å². The van der Waals surface area contributed by atoms with Crippen molar-refractivity contribution in [1.29, 1.82) is 0 Å². The van der Waals surface area contributed by atoms with Crippen molar-refractivity contribution in [3.63, 3.8) is 0 Å². The number of hydrogen-bond acceptors (Lipinski definition) is 4. The molecule has 2 rings (SSSR count). The van der Waals surface area contributed by atoms with Gasteiger partial charge in [-0.15, -0.1) is 0 Å². The van der Waals surface area contributed by atoms with Crippen molar-refractivity contribution in [2.24, 2.45) is 0 Å². The summed E-state index contributed by atoms with van der Waals surface area (Å²) in [5.74, 6) is 0.379. The molecule has 5 nitrogen and oxygen atoms in total. The lowest BCUT2D eigenvalue weighted by Crippen LogP contribution is -2.12. The molecule has 15 heavy (non-hydrogen) atoms. The minimum absolute atomic E-state index is 0.376. The van der Waals surface area contributed by atoms with Gasteiger partial charge in [0.2, 0.25) is 5.88 Å². The molecule has 0 spiro atoms. The lowest BCUT2D eigenvalue weighted by molar-refractivity contribution is 0.139. The fourth-order valence-electron chi connectivity index (χ4n) is 1.44. The van der Waals surface area contributed by atoms with E-state index in [1.807, 2.05) is 0 Å². The first-order valence-electron chi connectivity index (χ1n) is 4.35. The molecule has 1 N–H and O–H groups in total. The standard InChI is InChI=1S/C9H9ClN2O3/c1-14-8-7(5(10)2-3-11-8)6-4-12-9(13)15-6/h2-3,6H,4H2,1H3,(H,12,13). The SMILES string of the molecule is COc1nccc(Cl)c1C1CNC(=O)O1. The molecule has 0 aromatic carbocycles. The lowest BCUT2D eigenvalue weighted by Gasteiger charge is -2.12. The van der Waals surface area contributed by atoms with Gasteiger partial charge in [0.05, 0.1) is 24.2 Å². The molecule has 1 fully saturated rings. The highest BCUT2D eigenvalue weighted by atomic mass is 35.5. The summed E-state index contributed by atoms with van der Waals surface area (Å²) in [5.41, 5.74) is 0.597. The number of carbonyl (C=O) groups is 1. The van der Waals surface area contributed by atoms with Gasteiger partial charge in [-0.3, -0.25) is 0 Å². The van der Waals surface area contributed by atoms with Crippen LogP contribution in [0.15, 0.2) is 12.3 Å². The number of rotatable bonds is 2. The number of methoxy groups -OCH3 is 1. The maximum Gasteiger partial charge on any atom is 0.407 e. The van der Waals surface area contributed by atoms with Gasteiger partial charge in [-0.25, -0.2) is 9.78 Å². The molecule has 6 heteroatoms. The van der Waals surface area contributed by atoms with Crippen LogP contribution >= 0.6 is 11.6 Å². The van der Waals surface area contributed by atoms with Gasteiger partial charge in [0.25, 0.3) is 0 Å². The van der Waals surface area contributed by atoms with Crippen molar-refractivity contribution in [3.8, 4) is 5.88 Å². The summed E-state index contributed by atoms with van der Waals surface area (Å²) in [6, 6.07) is 1.63. The Morgan fingerprint density at radius 1 is 1.73 bits per heavy atom. The third kappa shape index (κ3) is 1.83. The van der Waals surface area contributed by atoms with Gasteiger partial charge in [-0.05, 0) is 6.07 Å². The largest absolute Gasteiger partial charge is 0.481 e. The third-order valence-electron chi connectivity index (χ3n) is 2.10. The molecule has 0 radical (unpaired) electrons. The van der Waals surface area contributed by atoms with Crippen LogP contribution in [-0.4, -0.2) is 24.7 Å². The van der Waals surface area contributed by atoms with E-state index < -0.39 is 12.2 Å². The van der Waals surface area contributed by atoms with E-state index in [9.17, 15) is 4.79 Å². The van der Waals surface area contributed by atoms with E-state index in [1.165, 1.54) is 13.3 Å². The van der Waals surface area contributed by atoms with Gasteiger partial charge in [-0.1, -0.05) is 11.6 Å². The first kappa shape index (κ1) is 10.0. The lowest BCUT2D eigenvalue weighted by atomic mass is 10.1. The Labute approximate surface area is 91.3 Å². The van der Waals surface area contributed by atoms with Crippen LogP contribution in [0.3, 0.4) is 0 Å². The van der Waals surface area contributed by atoms with Crippen LogP contribution in [0.2, 0.25) is 5.02 Å². The molecule has 1 aliphatic heterocycles. The van der Waals surface area contributed by atoms with E-state index in [4.69, 9.17) is 21.1 Å². The quantitative estimate of drug-likeness (QED) is 0.834. The first-order chi connectivity index (χ1) is 7.22. The van der Waals surface area contributed by atoms with Gasteiger partial charge in [0, 0.05) is 6.20 Å². The second kappa shape index (κ2) is 3.94. The molecule has 0 bridgehead atoms. The molecule has 0 saturated carbocycles. The second-order valence-electron chi connectivity index (χ2n) is 2.99. The van der Waals surface area contributed by atoms with Crippen LogP contribution in [0.4, 0.5) is 4.79 Å². The van der Waals surface area contributed by atoms with Crippen LogP contribution in [0, 0.1) is 0 Å². The van der Waals surface area contributed by atoms with Crippen molar-refractivity contribution in [2.45, 2.75) is 6.10 Å². The van der Waals surface area contributed by atoms with Gasteiger partial charge < -0.3 is 14.8 Å². The highest BCUT2D eigenvalue weighted by Crippen LogP contribution is 2.33. The average molecular weight is 229 g/mol. The Morgan fingerprint density at radius 2 is 2.53 bits per heavy atom. The zero-order valence-corrected chi connectivity index (χ0v) is 8.75. The highest BCUT2D eigenvalue weighted by Gasteiger charge is 2.29. The second-order valence-corrected chi connectivity index (χ2v) is 3.40. The Hall–Kier alpha value is -1.49. The summed E-state index contributed by atoms with van der Waals surface area (Å²) < 4.78 is 10.1. The summed E-state index contributed by atoms with van der Waals surface area (Å²) >= 11 is 6.00. The number of pyridine rings is 1. The number of nitrogens with zero attached hydrogens (tertiary/aromatic N) is 1. The number of carbonyl (C=O) groups excluding carboxylic acids is 1. The van der Waals surface area contributed by atoms with Gasteiger partial charge in [-0.2, -0.15) is 0 Å². The summed E-state index contributed by atoms with van der Waals surface area (Å²) in [7, 11) is 1.49. The number of aromatic nitrogens is 1. The maximum atomic E-state index is 10.9. The summed E-state index contributed by atoms with van der Waals surface area (Å²) in [6.07, 6.45) is 0.644. The Balaban J connectivity index is 2.37. The van der Waals surface area contributed by atoms with Crippen molar-refractivity contribution in [3.05, 3.63) is 22.8 Å². The van der Waals surface area contributed by atoms with E-state index in [0.29, 0.717) is 23.0 Å².